The molecular formula is C26H28N4O4S. The second-order valence-electron chi connectivity index (χ2n) is 7.83. The average Bonchev–Trinajstić information content (AvgIpc) is 3.31. The van der Waals surface area contributed by atoms with Gasteiger partial charge in [0.15, 0.2) is 11.5 Å². The largest absolute Gasteiger partial charge is 0.490 e. The van der Waals surface area contributed by atoms with Gasteiger partial charge in [-0.1, -0.05) is 49.4 Å². The summed E-state index contributed by atoms with van der Waals surface area (Å²) in [5.41, 5.74) is 1.63. The Labute approximate surface area is 209 Å². The molecule has 0 spiro atoms. The number of nitrogens with one attached hydrogen (secondary N) is 1. The number of ether oxygens (including phenoxy) is 3. The van der Waals surface area contributed by atoms with Gasteiger partial charge in [-0.3, -0.25) is 10.1 Å². The third-order valence-electron chi connectivity index (χ3n) is 4.79. The molecule has 1 N–H and O–H groups in total. The standard InChI is InChI=1S/C26H28N4O4S/c1-5-32-23-15-19(10-11-22(23)34-13-12-33-21-9-7-6-8-18(21)4)14-20(16-27)24(31)28-26-30-29-25(35-26)17(2)3/h6-11,14-15,17H,5,12-13H2,1-4H3,(H,28,30,31). The van der Waals surface area contributed by atoms with Crippen molar-refractivity contribution in [2.24, 2.45) is 0 Å². The van der Waals surface area contributed by atoms with Crippen LogP contribution in [0.1, 0.15) is 42.8 Å². The van der Waals surface area contributed by atoms with Crippen LogP contribution in [0, 0.1) is 18.3 Å². The number of carbonyl (C=O) groups is 1. The van der Waals surface area contributed by atoms with E-state index in [2.05, 4.69) is 15.5 Å². The van der Waals surface area contributed by atoms with Crippen molar-refractivity contribution >= 4 is 28.5 Å². The van der Waals surface area contributed by atoms with Crippen molar-refractivity contribution < 1.29 is 19.0 Å². The number of nitriles is 1. The number of hydrogen-bond acceptors (Lipinski definition) is 8. The Hall–Kier alpha value is -3.90. The molecule has 3 aromatic rings. The Morgan fingerprint density at radius 1 is 1.09 bits per heavy atom. The average molecular weight is 493 g/mol. The Morgan fingerprint density at radius 3 is 2.49 bits per heavy atom. The summed E-state index contributed by atoms with van der Waals surface area (Å²) in [4.78, 5) is 12.6. The molecule has 8 nitrogen and oxygen atoms in total. The minimum absolute atomic E-state index is 0.0611. The lowest BCUT2D eigenvalue weighted by Crippen LogP contribution is -2.13. The van der Waals surface area contributed by atoms with E-state index in [1.54, 1.807) is 18.2 Å². The molecule has 0 saturated heterocycles. The van der Waals surface area contributed by atoms with Crippen LogP contribution in [-0.4, -0.2) is 35.9 Å². The maximum atomic E-state index is 12.6. The fourth-order valence-electron chi connectivity index (χ4n) is 3.02. The molecule has 1 aromatic heterocycles. The zero-order valence-electron chi connectivity index (χ0n) is 20.2. The predicted octanol–water partition coefficient (Wildman–Crippen LogP) is 5.37. The molecule has 182 valence electrons. The minimum Gasteiger partial charge on any atom is -0.490 e. The number of aryl methyl sites for hydroxylation is 1. The molecule has 35 heavy (non-hydrogen) atoms. The van der Waals surface area contributed by atoms with E-state index in [1.165, 1.54) is 17.4 Å². The number of carbonyl (C=O) groups excluding carboxylic acids is 1. The highest BCUT2D eigenvalue weighted by atomic mass is 32.1. The molecule has 0 unspecified atom stereocenters. The van der Waals surface area contributed by atoms with Gasteiger partial charge in [0.25, 0.3) is 5.91 Å². The number of para-hydroxylation sites is 1. The van der Waals surface area contributed by atoms with E-state index in [0.717, 1.165) is 16.3 Å². The first-order chi connectivity index (χ1) is 16.9. The summed E-state index contributed by atoms with van der Waals surface area (Å²) in [5.74, 6) is 1.54. The molecule has 1 amide bonds. The lowest BCUT2D eigenvalue weighted by Gasteiger charge is -2.14. The van der Waals surface area contributed by atoms with E-state index in [-0.39, 0.29) is 11.5 Å². The Morgan fingerprint density at radius 2 is 1.83 bits per heavy atom. The van der Waals surface area contributed by atoms with Gasteiger partial charge >= 0.3 is 0 Å². The summed E-state index contributed by atoms with van der Waals surface area (Å²) in [5, 5.41) is 21.3. The van der Waals surface area contributed by atoms with E-state index in [1.807, 2.05) is 58.0 Å². The van der Waals surface area contributed by atoms with Crippen LogP contribution in [-0.2, 0) is 4.79 Å². The first-order valence-corrected chi connectivity index (χ1v) is 12.1. The van der Waals surface area contributed by atoms with Gasteiger partial charge in [-0.2, -0.15) is 5.26 Å². The second kappa shape index (κ2) is 12.5. The highest BCUT2D eigenvalue weighted by Crippen LogP contribution is 2.30. The van der Waals surface area contributed by atoms with Gasteiger partial charge in [-0.15, -0.1) is 10.2 Å². The maximum absolute atomic E-state index is 12.6. The van der Waals surface area contributed by atoms with E-state index < -0.39 is 5.91 Å². The third kappa shape index (κ3) is 7.29. The fraction of sp³-hybridized carbons (Fsp3) is 0.308. The summed E-state index contributed by atoms with van der Waals surface area (Å²) >= 11 is 1.29. The van der Waals surface area contributed by atoms with Gasteiger partial charge in [0.05, 0.1) is 6.61 Å². The highest BCUT2D eigenvalue weighted by molar-refractivity contribution is 7.15. The number of rotatable bonds is 11. The number of aromatic nitrogens is 2. The van der Waals surface area contributed by atoms with Gasteiger partial charge in [-0.25, -0.2) is 0 Å². The minimum atomic E-state index is -0.550. The molecule has 0 aliphatic rings. The van der Waals surface area contributed by atoms with Crippen molar-refractivity contribution in [3.63, 3.8) is 0 Å². The van der Waals surface area contributed by atoms with Crippen LogP contribution in [0.25, 0.3) is 6.08 Å². The van der Waals surface area contributed by atoms with E-state index in [4.69, 9.17) is 14.2 Å². The smallest absolute Gasteiger partial charge is 0.268 e. The van der Waals surface area contributed by atoms with E-state index in [0.29, 0.717) is 42.0 Å². The summed E-state index contributed by atoms with van der Waals surface area (Å²) in [6.45, 7) is 8.98. The lowest BCUT2D eigenvalue weighted by molar-refractivity contribution is -0.112. The summed E-state index contributed by atoms with van der Waals surface area (Å²) in [7, 11) is 0. The first-order valence-electron chi connectivity index (χ1n) is 11.3. The fourth-order valence-corrected chi connectivity index (χ4v) is 3.76. The number of anilines is 1. The van der Waals surface area contributed by atoms with Crippen molar-refractivity contribution in [1.82, 2.24) is 10.2 Å². The lowest BCUT2D eigenvalue weighted by atomic mass is 10.1. The molecule has 0 atom stereocenters. The number of benzene rings is 2. The number of amides is 1. The van der Waals surface area contributed by atoms with Crippen molar-refractivity contribution in [3.05, 3.63) is 64.2 Å². The van der Waals surface area contributed by atoms with Crippen LogP contribution >= 0.6 is 11.3 Å². The van der Waals surface area contributed by atoms with Crippen LogP contribution in [0.3, 0.4) is 0 Å². The topological polar surface area (TPSA) is 106 Å². The number of nitrogens with zero attached hydrogens (tertiary/aromatic N) is 3. The monoisotopic (exact) mass is 492 g/mol. The zero-order chi connectivity index (χ0) is 25.2. The molecule has 0 radical (unpaired) electrons. The normalized spacial score (nSPS) is 11.1. The van der Waals surface area contributed by atoms with Gasteiger partial charge in [0.1, 0.15) is 35.6 Å². The molecule has 9 heteroatoms. The van der Waals surface area contributed by atoms with Gasteiger partial charge in [0.2, 0.25) is 5.13 Å². The van der Waals surface area contributed by atoms with Crippen LogP contribution in [0.2, 0.25) is 0 Å². The highest BCUT2D eigenvalue weighted by Gasteiger charge is 2.15. The third-order valence-corrected chi connectivity index (χ3v) is 5.93. The summed E-state index contributed by atoms with van der Waals surface area (Å²) in [6.07, 6.45) is 1.49. The number of hydrogen-bond donors (Lipinski definition) is 1. The Bertz CT molecular complexity index is 1230. The predicted molar refractivity (Wildman–Crippen MR) is 136 cm³/mol. The molecular weight excluding hydrogens is 464 g/mol. The quantitative estimate of drug-likeness (QED) is 0.218. The van der Waals surface area contributed by atoms with Crippen LogP contribution in [0.4, 0.5) is 5.13 Å². The SMILES string of the molecule is CCOc1cc(C=C(C#N)C(=O)Nc2nnc(C(C)C)s2)ccc1OCCOc1ccccc1C. The van der Waals surface area contributed by atoms with Crippen LogP contribution in [0.15, 0.2) is 48.0 Å². The van der Waals surface area contributed by atoms with Crippen molar-refractivity contribution in [2.45, 2.75) is 33.6 Å². The summed E-state index contributed by atoms with van der Waals surface area (Å²) in [6, 6.07) is 15.0. The van der Waals surface area contributed by atoms with E-state index in [9.17, 15) is 10.1 Å². The molecule has 0 bridgehead atoms. The van der Waals surface area contributed by atoms with Gasteiger partial charge in [0, 0.05) is 5.92 Å². The molecule has 1 heterocycles. The first kappa shape index (κ1) is 25.7. The Kier molecular flexibility index (Phi) is 9.21. The second-order valence-corrected chi connectivity index (χ2v) is 8.83. The van der Waals surface area contributed by atoms with Crippen molar-refractivity contribution in [3.8, 4) is 23.3 Å². The molecule has 0 aliphatic heterocycles. The van der Waals surface area contributed by atoms with Gasteiger partial charge in [-0.05, 0) is 49.2 Å². The molecule has 0 saturated carbocycles. The van der Waals surface area contributed by atoms with Crippen LogP contribution in [0.5, 0.6) is 17.2 Å². The molecule has 0 aliphatic carbocycles. The van der Waals surface area contributed by atoms with E-state index >= 15 is 0 Å². The summed E-state index contributed by atoms with van der Waals surface area (Å²) < 4.78 is 17.3. The molecule has 0 fully saturated rings. The maximum Gasteiger partial charge on any atom is 0.268 e. The van der Waals surface area contributed by atoms with Crippen LogP contribution < -0.4 is 19.5 Å². The molecule has 3 rings (SSSR count). The van der Waals surface area contributed by atoms with Crippen molar-refractivity contribution in [1.29, 1.82) is 5.26 Å². The zero-order valence-corrected chi connectivity index (χ0v) is 21.0. The molecule has 2 aromatic carbocycles. The van der Waals surface area contributed by atoms with Gasteiger partial charge < -0.3 is 14.2 Å². The van der Waals surface area contributed by atoms with Crippen molar-refractivity contribution in [2.75, 3.05) is 25.1 Å². The Balaban J connectivity index is 1.66.